The molecule has 0 aliphatic carbocycles. The number of H-pyrrole nitrogens is 1. The third-order valence-corrected chi connectivity index (χ3v) is 4.21. The van der Waals surface area contributed by atoms with E-state index in [4.69, 9.17) is 12.2 Å². The normalized spacial score (nSPS) is 11.3. The molecule has 0 amide bonds. The van der Waals surface area contributed by atoms with Crippen molar-refractivity contribution in [1.29, 1.82) is 0 Å². The third kappa shape index (κ3) is 2.33. The molecule has 4 nitrogen and oxygen atoms in total. The predicted molar refractivity (Wildman–Crippen MR) is 86.5 cm³/mol. The number of aryl methyl sites for hydroxylation is 2. The molecule has 2 aromatic heterocycles. The minimum Gasteiger partial charge on any atom is -0.331 e. The van der Waals surface area contributed by atoms with Crippen LogP contribution in [-0.2, 0) is 20.0 Å². The Balaban J connectivity index is 2.10. The maximum Gasteiger partial charge on any atom is 0.178 e. The molecule has 3 aromatic rings. The summed E-state index contributed by atoms with van der Waals surface area (Å²) in [5.41, 5.74) is 4.51. The van der Waals surface area contributed by atoms with Gasteiger partial charge in [0.05, 0.1) is 23.3 Å². The van der Waals surface area contributed by atoms with Gasteiger partial charge in [-0.2, -0.15) is 5.10 Å². The molecule has 0 fully saturated rings. The van der Waals surface area contributed by atoms with Crippen molar-refractivity contribution in [3.63, 3.8) is 0 Å². The van der Waals surface area contributed by atoms with E-state index in [9.17, 15) is 0 Å². The zero-order valence-electron chi connectivity index (χ0n) is 11.4. The highest BCUT2D eigenvalue weighted by Crippen LogP contribution is 2.21. The summed E-state index contributed by atoms with van der Waals surface area (Å²) in [5.74, 6) is 0. The molecule has 2 heterocycles. The Morgan fingerprint density at radius 2 is 2.20 bits per heavy atom. The molecule has 0 atom stereocenters. The Hall–Kier alpha value is -1.40. The summed E-state index contributed by atoms with van der Waals surface area (Å²) in [4.78, 5) is 3.25. The van der Waals surface area contributed by atoms with Gasteiger partial charge in [0.25, 0.3) is 0 Å². The number of aromatic amines is 1. The average molecular weight is 351 g/mol. The first-order valence-electron chi connectivity index (χ1n) is 6.48. The van der Waals surface area contributed by atoms with Gasteiger partial charge in [-0.05, 0) is 36.8 Å². The van der Waals surface area contributed by atoms with E-state index in [-0.39, 0.29) is 0 Å². The number of fused-ring (bicyclic) bond motifs is 1. The molecule has 0 radical (unpaired) electrons. The summed E-state index contributed by atoms with van der Waals surface area (Å²) in [6.45, 7) is 2.87. The van der Waals surface area contributed by atoms with Crippen LogP contribution in [0, 0.1) is 4.77 Å². The van der Waals surface area contributed by atoms with Gasteiger partial charge in [0.15, 0.2) is 4.77 Å². The lowest BCUT2D eigenvalue weighted by molar-refractivity contribution is 0.746. The van der Waals surface area contributed by atoms with Crippen LogP contribution in [0.4, 0.5) is 0 Å². The summed E-state index contributed by atoms with van der Waals surface area (Å²) in [6.07, 6.45) is 3.00. The second-order valence-electron chi connectivity index (χ2n) is 4.81. The first-order chi connectivity index (χ1) is 9.58. The third-order valence-electron chi connectivity index (χ3n) is 3.39. The average Bonchev–Trinajstić information content (AvgIpc) is 2.90. The van der Waals surface area contributed by atoms with Crippen molar-refractivity contribution in [3.05, 3.63) is 44.9 Å². The van der Waals surface area contributed by atoms with Gasteiger partial charge in [0, 0.05) is 23.3 Å². The minimum absolute atomic E-state index is 0.740. The molecule has 0 aliphatic heterocycles. The van der Waals surface area contributed by atoms with Gasteiger partial charge in [-0.25, -0.2) is 0 Å². The largest absolute Gasteiger partial charge is 0.331 e. The first-order valence-corrected chi connectivity index (χ1v) is 7.68. The lowest BCUT2D eigenvalue weighted by Crippen LogP contribution is -2.01. The van der Waals surface area contributed by atoms with E-state index in [1.54, 1.807) is 0 Å². The fraction of sp³-hybridized carbons (Fsp3) is 0.286. The van der Waals surface area contributed by atoms with Crippen LogP contribution >= 0.6 is 28.1 Å². The number of nitrogens with one attached hydrogen (secondary N) is 1. The van der Waals surface area contributed by atoms with Gasteiger partial charge in [0.1, 0.15) is 0 Å². The summed E-state index contributed by atoms with van der Waals surface area (Å²) >= 11 is 8.93. The Morgan fingerprint density at radius 3 is 2.95 bits per heavy atom. The molecule has 6 heteroatoms. The highest BCUT2D eigenvalue weighted by Gasteiger charge is 2.10. The van der Waals surface area contributed by atoms with Crippen LogP contribution < -0.4 is 0 Å². The van der Waals surface area contributed by atoms with E-state index in [0.29, 0.717) is 0 Å². The van der Waals surface area contributed by atoms with Gasteiger partial charge in [-0.3, -0.25) is 4.68 Å². The van der Waals surface area contributed by atoms with Crippen molar-refractivity contribution >= 4 is 39.2 Å². The van der Waals surface area contributed by atoms with E-state index >= 15 is 0 Å². The van der Waals surface area contributed by atoms with Gasteiger partial charge in [-0.15, -0.1) is 0 Å². The van der Waals surface area contributed by atoms with Crippen molar-refractivity contribution < 1.29 is 0 Å². The molecule has 0 saturated heterocycles. The Labute approximate surface area is 130 Å². The molecule has 3 rings (SSSR count). The van der Waals surface area contributed by atoms with Gasteiger partial charge >= 0.3 is 0 Å². The van der Waals surface area contributed by atoms with E-state index in [2.05, 4.69) is 49.8 Å². The van der Waals surface area contributed by atoms with Crippen molar-refractivity contribution in [1.82, 2.24) is 19.3 Å². The fourth-order valence-corrected chi connectivity index (χ4v) is 3.11. The summed E-state index contributed by atoms with van der Waals surface area (Å²) in [7, 11) is 1.95. The highest BCUT2D eigenvalue weighted by atomic mass is 79.9. The van der Waals surface area contributed by atoms with Crippen molar-refractivity contribution in [2.45, 2.75) is 19.9 Å². The van der Waals surface area contributed by atoms with Crippen LogP contribution in [0.2, 0.25) is 0 Å². The van der Waals surface area contributed by atoms with Crippen LogP contribution in [0.15, 0.2) is 28.9 Å². The summed E-state index contributed by atoms with van der Waals surface area (Å²) in [5, 5.41) is 4.49. The van der Waals surface area contributed by atoms with Crippen LogP contribution in [0.25, 0.3) is 11.0 Å². The number of benzene rings is 1. The Kier molecular flexibility index (Phi) is 3.52. The second kappa shape index (κ2) is 5.18. The van der Waals surface area contributed by atoms with Gasteiger partial charge in [-0.1, -0.05) is 22.9 Å². The maximum absolute atomic E-state index is 5.45. The summed E-state index contributed by atoms with van der Waals surface area (Å²) in [6, 6.07) is 6.16. The van der Waals surface area contributed by atoms with Crippen LogP contribution in [0.3, 0.4) is 0 Å². The van der Waals surface area contributed by atoms with E-state index in [1.807, 2.05) is 23.9 Å². The number of halogens is 1. The number of hydrogen-bond acceptors (Lipinski definition) is 2. The number of imidazole rings is 1. The number of hydrogen-bond donors (Lipinski definition) is 1. The quantitative estimate of drug-likeness (QED) is 0.729. The number of aromatic nitrogens is 4. The molecule has 0 unspecified atom stereocenters. The van der Waals surface area contributed by atoms with Crippen molar-refractivity contribution in [3.8, 4) is 0 Å². The molecule has 0 aliphatic rings. The zero-order chi connectivity index (χ0) is 14.3. The minimum atomic E-state index is 0.740. The molecule has 1 aromatic carbocycles. The topological polar surface area (TPSA) is 38.5 Å². The van der Waals surface area contributed by atoms with Gasteiger partial charge in [0.2, 0.25) is 0 Å². The molecule has 0 saturated carbocycles. The predicted octanol–water partition coefficient (Wildman–Crippen LogP) is 3.81. The van der Waals surface area contributed by atoms with Crippen molar-refractivity contribution in [2.24, 2.45) is 7.05 Å². The van der Waals surface area contributed by atoms with E-state index < -0.39 is 0 Å². The Bertz CT molecular complexity index is 827. The molecule has 0 spiro atoms. The van der Waals surface area contributed by atoms with Gasteiger partial charge < -0.3 is 9.55 Å². The zero-order valence-corrected chi connectivity index (χ0v) is 13.8. The van der Waals surface area contributed by atoms with E-state index in [0.717, 1.165) is 38.9 Å². The lowest BCUT2D eigenvalue weighted by atomic mass is 10.2. The summed E-state index contributed by atoms with van der Waals surface area (Å²) < 4.78 is 5.77. The molecule has 1 N–H and O–H groups in total. The molecule has 104 valence electrons. The SMILES string of the molecule is CCc1nn(C)cc1Cn1c(=S)[nH]c2cc(Br)ccc21. The smallest absolute Gasteiger partial charge is 0.178 e. The van der Waals surface area contributed by atoms with Crippen molar-refractivity contribution in [2.75, 3.05) is 0 Å². The van der Waals surface area contributed by atoms with Crippen LogP contribution in [-0.4, -0.2) is 19.3 Å². The molecular formula is C14H15BrN4S. The first kappa shape index (κ1) is 13.6. The highest BCUT2D eigenvalue weighted by molar-refractivity contribution is 9.10. The fourth-order valence-electron chi connectivity index (χ4n) is 2.48. The van der Waals surface area contributed by atoms with Crippen LogP contribution in [0.1, 0.15) is 18.2 Å². The number of rotatable bonds is 3. The Morgan fingerprint density at radius 1 is 1.40 bits per heavy atom. The number of nitrogens with zero attached hydrogens (tertiary/aromatic N) is 3. The second-order valence-corrected chi connectivity index (χ2v) is 6.11. The standard InChI is InChI=1S/C14H15BrN4S/c1-3-11-9(7-18(2)17-11)8-19-13-5-4-10(15)6-12(13)16-14(19)20/h4-7H,3,8H2,1-2H3,(H,16,20). The lowest BCUT2D eigenvalue weighted by Gasteiger charge is -2.04. The molecule has 0 bridgehead atoms. The monoisotopic (exact) mass is 350 g/mol. The van der Waals surface area contributed by atoms with Crippen LogP contribution in [0.5, 0.6) is 0 Å². The molecular weight excluding hydrogens is 336 g/mol. The maximum atomic E-state index is 5.45. The van der Waals surface area contributed by atoms with E-state index in [1.165, 1.54) is 5.56 Å². The molecule has 20 heavy (non-hydrogen) atoms.